The average molecular weight is 362 g/mol. The van der Waals surface area contributed by atoms with Gasteiger partial charge in [-0.15, -0.1) is 0 Å². The number of aryl methyl sites for hydroxylation is 2. The van der Waals surface area contributed by atoms with E-state index in [-0.39, 0.29) is 17.9 Å². The number of para-hydroxylation sites is 1. The molecule has 0 unspecified atom stereocenters. The Kier molecular flexibility index (Phi) is 3.99. The van der Waals surface area contributed by atoms with Gasteiger partial charge in [-0.05, 0) is 39.0 Å². The van der Waals surface area contributed by atoms with Crippen molar-refractivity contribution in [2.45, 2.75) is 27.3 Å². The molecule has 0 aliphatic carbocycles. The number of benzene rings is 1. The fourth-order valence-corrected chi connectivity index (χ4v) is 3.31. The summed E-state index contributed by atoms with van der Waals surface area (Å²) in [5.41, 5.74) is 2.56. The van der Waals surface area contributed by atoms with Crippen LogP contribution in [0.4, 0.5) is 0 Å². The van der Waals surface area contributed by atoms with Gasteiger partial charge < -0.3 is 4.52 Å². The lowest BCUT2D eigenvalue weighted by Crippen LogP contribution is -2.24. The Labute approximate surface area is 154 Å². The van der Waals surface area contributed by atoms with Gasteiger partial charge in [0.05, 0.1) is 23.8 Å². The van der Waals surface area contributed by atoms with Crippen LogP contribution in [-0.4, -0.2) is 25.1 Å². The van der Waals surface area contributed by atoms with Crippen molar-refractivity contribution >= 4 is 16.7 Å². The molecule has 7 nitrogen and oxygen atoms in total. The van der Waals surface area contributed by atoms with Gasteiger partial charge in [0.2, 0.25) is 0 Å². The minimum absolute atomic E-state index is 0.0706. The summed E-state index contributed by atoms with van der Waals surface area (Å²) in [6, 6.07) is 10.7. The summed E-state index contributed by atoms with van der Waals surface area (Å²) in [5.74, 6) is 1.17. The third kappa shape index (κ3) is 2.87. The second kappa shape index (κ2) is 6.35. The molecule has 27 heavy (non-hydrogen) atoms. The van der Waals surface area contributed by atoms with Gasteiger partial charge in [0.15, 0.2) is 11.6 Å². The summed E-state index contributed by atoms with van der Waals surface area (Å²) in [5, 5.41) is 4.52. The second-order valence-corrected chi connectivity index (χ2v) is 6.53. The van der Waals surface area contributed by atoms with Crippen LogP contribution >= 0.6 is 0 Å². The summed E-state index contributed by atoms with van der Waals surface area (Å²) in [7, 11) is 0. The van der Waals surface area contributed by atoms with Crippen molar-refractivity contribution in [3.63, 3.8) is 0 Å². The van der Waals surface area contributed by atoms with Crippen molar-refractivity contribution < 1.29 is 9.32 Å². The molecule has 0 fully saturated rings. The second-order valence-electron chi connectivity index (χ2n) is 6.53. The van der Waals surface area contributed by atoms with E-state index in [1.165, 1.54) is 10.9 Å². The molecule has 7 heteroatoms. The molecule has 0 spiro atoms. The predicted molar refractivity (Wildman–Crippen MR) is 100 cm³/mol. The van der Waals surface area contributed by atoms with Crippen LogP contribution in [0.2, 0.25) is 0 Å². The van der Waals surface area contributed by atoms with Crippen molar-refractivity contribution in [3.05, 3.63) is 75.8 Å². The first-order chi connectivity index (χ1) is 13.0. The maximum absolute atomic E-state index is 12.9. The minimum atomic E-state index is -0.227. The van der Waals surface area contributed by atoms with Crippen LogP contribution in [0.3, 0.4) is 0 Å². The number of hydrogen-bond acceptors (Lipinski definition) is 5. The highest BCUT2D eigenvalue weighted by Crippen LogP contribution is 2.21. The quantitative estimate of drug-likeness (QED) is 0.521. The monoisotopic (exact) mass is 362 g/mol. The number of carbonyl (C=O) groups excluding carboxylic acids is 1. The van der Waals surface area contributed by atoms with Crippen molar-refractivity contribution in [1.82, 2.24) is 19.3 Å². The molecule has 0 aliphatic rings. The number of carbonyl (C=O) groups is 1. The average Bonchev–Trinajstić information content (AvgIpc) is 3.20. The summed E-state index contributed by atoms with van der Waals surface area (Å²) < 4.78 is 8.35. The molecule has 0 bridgehead atoms. The van der Waals surface area contributed by atoms with Gasteiger partial charge in [-0.2, -0.15) is 0 Å². The number of nitrogens with zero attached hydrogens (tertiary/aromatic N) is 4. The summed E-state index contributed by atoms with van der Waals surface area (Å²) in [6.45, 7) is 5.50. The molecule has 0 amide bonds. The predicted octanol–water partition coefficient (Wildman–Crippen LogP) is 2.98. The molecule has 1 aromatic carbocycles. The van der Waals surface area contributed by atoms with Gasteiger partial charge >= 0.3 is 0 Å². The zero-order chi connectivity index (χ0) is 19.1. The van der Waals surface area contributed by atoms with Crippen molar-refractivity contribution in [2.24, 2.45) is 0 Å². The summed E-state index contributed by atoms with van der Waals surface area (Å²) in [6.07, 6.45) is 1.42. The normalized spacial score (nSPS) is 11.2. The molecular weight excluding hydrogens is 344 g/mol. The number of rotatable bonds is 4. The molecular formula is C20H18N4O3. The standard InChI is InChI=1S/C20H18N4O3/c1-12-8-16(14(3)24(12)19-9-13(2)27-22-19)18(25)10-23-11-21-17-7-5-4-6-15(17)20(23)26/h4-9,11H,10H2,1-3H3. The molecule has 4 rings (SSSR count). The Hall–Kier alpha value is -3.48. The maximum Gasteiger partial charge on any atom is 0.261 e. The fourth-order valence-electron chi connectivity index (χ4n) is 3.31. The summed E-state index contributed by atoms with van der Waals surface area (Å²) >= 11 is 0. The lowest BCUT2D eigenvalue weighted by Gasteiger charge is -2.07. The topological polar surface area (TPSA) is 82.9 Å². The Morgan fingerprint density at radius 3 is 2.67 bits per heavy atom. The highest BCUT2D eigenvalue weighted by Gasteiger charge is 2.19. The van der Waals surface area contributed by atoms with E-state index in [0.29, 0.717) is 28.0 Å². The first-order valence-corrected chi connectivity index (χ1v) is 8.55. The lowest BCUT2D eigenvalue weighted by molar-refractivity contribution is 0.0970. The number of fused-ring (bicyclic) bond motifs is 1. The van der Waals surface area contributed by atoms with E-state index < -0.39 is 0 Å². The van der Waals surface area contributed by atoms with E-state index in [2.05, 4.69) is 10.1 Å². The third-order valence-electron chi connectivity index (χ3n) is 4.62. The number of ketones is 1. The van der Waals surface area contributed by atoms with E-state index in [1.807, 2.05) is 37.5 Å². The van der Waals surface area contributed by atoms with Crippen LogP contribution in [0.25, 0.3) is 16.7 Å². The van der Waals surface area contributed by atoms with E-state index in [1.54, 1.807) is 24.3 Å². The Morgan fingerprint density at radius 1 is 1.15 bits per heavy atom. The molecule has 3 aromatic heterocycles. The molecule has 136 valence electrons. The lowest BCUT2D eigenvalue weighted by atomic mass is 10.1. The van der Waals surface area contributed by atoms with E-state index >= 15 is 0 Å². The first-order valence-electron chi connectivity index (χ1n) is 8.55. The van der Waals surface area contributed by atoms with Crippen molar-refractivity contribution in [2.75, 3.05) is 0 Å². The van der Waals surface area contributed by atoms with Crippen LogP contribution in [0.5, 0.6) is 0 Å². The van der Waals surface area contributed by atoms with Crippen molar-refractivity contribution in [3.8, 4) is 5.82 Å². The first kappa shape index (κ1) is 17.0. The highest BCUT2D eigenvalue weighted by molar-refractivity contribution is 5.97. The minimum Gasteiger partial charge on any atom is -0.360 e. The van der Waals surface area contributed by atoms with Crippen LogP contribution in [0.1, 0.15) is 27.5 Å². The smallest absolute Gasteiger partial charge is 0.261 e. The van der Waals surface area contributed by atoms with E-state index in [0.717, 1.165) is 11.4 Å². The Morgan fingerprint density at radius 2 is 1.93 bits per heavy atom. The van der Waals surface area contributed by atoms with E-state index in [4.69, 9.17) is 4.52 Å². The van der Waals surface area contributed by atoms with Crippen LogP contribution < -0.4 is 5.56 Å². The molecule has 0 aliphatic heterocycles. The van der Waals surface area contributed by atoms with Crippen LogP contribution in [-0.2, 0) is 6.54 Å². The fraction of sp³-hybridized carbons (Fsp3) is 0.200. The Balaban J connectivity index is 1.70. The molecule has 4 aromatic rings. The van der Waals surface area contributed by atoms with Crippen molar-refractivity contribution in [1.29, 1.82) is 0 Å². The summed E-state index contributed by atoms with van der Waals surface area (Å²) in [4.78, 5) is 29.8. The van der Waals surface area contributed by atoms with Gasteiger partial charge in [-0.25, -0.2) is 4.98 Å². The number of Topliss-reactive ketones (excluding diaryl/α,β-unsaturated/α-hetero) is 1. The highest BCUT2D eigenvalue weighted by atomic mass is 16.5. The molecule has 0 atom stereocenters. The van der Waals surface area contributed by atoms with Gasteiger partial charge in [0.25, 0.3) is 5.56 Å². The maximum atomic E-state index is 12.9. The van der Waals surface area contributed by atoms with Crippen LogP contribution in [0.15, 0.2) is 52.0 Å². The molecule has 3 heterocycles. The molecule has 0 saturated carbocycles. The molecule has 0 radical (unpaired) electrons. The molecule has 0 saturated heterocycles. The number of hydrogen-bond donors (Lipinski definition) is 0. The third-order valence-corrected chi connectivity index (χ3v) is 4.62. The molecule has 0 N–H and O–H groups in total. The van der Waals surface area contributed by atoms with Gasteiger partial charge in [-0.1, -0.05) is 17.3 Å². The zero-order valence-corrected chi connectivity index (χ0v) is 15.3. The SMILES string of the molecule is Cc1cc(-n2c(C)cc(C(=O)Cn3cnc4ccccc4c3=O)c2C)no1. The number of aromatic nitrogens is 4. The zero-order valence-electron chi connectivity index (χ0n) is 15.3. The largest absolute Gasteiger partial charge is 0.360 e. The van der Waals surface area contributed by atoms with Crippen LogP contribution in [0, 0.1) is 20.8 Å². The van der Waals surface area contributed by atoms with Gasteiger partial charge in [0.1, 0.15) is 5.76 Å². The van der Waals surface area contributed by atoms with Gasteiger partial charge in [-0.3, -0.25) is 18.7 Å². The van der Waals surface area contributed by atoms with Gasteiger partial charge in [0, 0.05) is 23.0 Å². The van der Waals surface area contributed by atoms with E-state index in [9.17, 15) is 9.59 Å². The Bertz CT molecular complexity index is 1230.